The third-order valence-electron chi connectivity index (χ3n) is 8.07. The van der Waals surface area contributed by atoms with Gasteiger partial charge in [-0.3, -0.25) is 19.5 Å². The molecule has 2 saturated heterocycles. The van der Waals surface area contributed by atoms with Crippen molar-refractivity contribution in [3.63, 3.8) is 0 Å². The number of benzene rings is 1. The molecule has 43 heavy (non-hydrogen) atoms. The number of carbonyl (C=O) groups is 3. The standard InChI is InChI=1S/C28H30F7N5O3/c1-16(41)39-8-6-17(7-9-39)25(42)40-14-22(23-5-4-20(29)13-36-23)24(15-40)38(3)26(43)37(2)21-11-18(27(30,31)32)10-19(12-21)28(33,34)35/h4-5,10-13,17,22,24H,6-9,14-15H2,1-3H3/t22-,24+/m0/s1. The molecule has 234 valence electrons. The van der Waals surface area contributed by atoms with Gasteiger partial charge < -0.3 is 14.7 Å². The molecule has 2 aromatic rings. The molecule has 15 heteroatoms. The molecule has 0 N–H and O–H groups in total. The van der Waals surface area contributed by atoms with Crippen molar-refractivity contribution in [2.75, 3.05) is 45.2 Å². The monoisotopic (exact) mass is 617 g/mol. The van der Waals surface area contributed by atoms with Gasteiger partial charge in [0.2, 0.25) is 11.8 Å². The molecule has 2 aliphatic rings. The highest BCUT2D eigenvalue weighted by molar-refractivity contribution is 5.92. The minimum absolute atomic E-state index is 0.00194. The van der Waals surface area contributed by atoms with Crippen LogP contribution in [0.3, 0.4) is 0 Å². The number of likely N-dealkylation sites (tertiary alicyclic amines) is 2. The molecule has 2 atom stereocenters. The van der Waals surface area contributed by atoms with Gasteiger partial charge in [-0.25, -0.2) is 9.18 Å². The van der Waals surface area contributed by atoms with Crippen molar-refractivity contribution in [2.24, 2.45) is 5.92 Å². The van der Waals surface area contributed by atoms with E-state index in [2.05, 4.69) is 4.98 Å². The number of amides is 4. The average Bonchev–Trinajstić information content (AvgIpc) is 3.40. The summed E-state index contributed by atoms with van der Waals surface area (Å²) in [6.45, 7) is 2.36. The highest BCUT2D eigenvalue weighted by atomic mass is 19.4. The fourth-order valence-corrected chi connectivity index (χ4v) is 5.58. The van der Waals surface area contributed by atoms with E-state index in [9.17, 15) is 45.1 Å². The first-order valence-corrected chi connectivity index (χ1v) is 13.4. The summed E-state index contributed by atoms with van der Waals surface area (Å²) >= 11 is 0. The summed E-state index contributed by atoms with van der Waals surface area (Å²) < 4.78 is 94.2. The highest BCUT2D eigenvalue weighted by Gasteiger charge is 2.44. The number of urea groups is 1. The second-order valence-corrected chi connectivity index (χ2v) is 10.8. The van der Waals surface area contributed by atoms with Gasteiger partial charge in [-0.2, -0.15) is 26.3 Å². The molecule has 0 bridgehead atoms. The molecule has 4 rings (SSSR count). The topological polar surface area (TPSA) is 77.1 Å². The van der Waals surface area contributed by atoms with Crippen LogP contribution in [-0.2, 0) is 21.9 Å². The maximum Gasteiger partial charge on any atom is 0.416 e. The second kappa shape index (κ2) is 12.0. The Morgan fingerprint density at radius 3 is 1.95 bits per heavy atom. The molecule has 3 heterocycles. The summed E-state index contributed by atoms with van der Waals surface area (Å²) in [5.41, 5.74) is -3.41. The Balaban J connectivity index is 1.61. The summed E-state index contributed by atoms with van der Waals surface area (Å²) in [6, 6.07) is 1.74. The van der Waals surface area contributed by atoms with Crippen LogP contribution in [-0.4, -0.2) is 83.8 Å². The Bertz CT molecular complexity index is 1330. The van der Waals surface area contributed by atoms with E-state index < -0.39 is 53.0 Å². The largest absolute Gasteiger partial charge is 0.416 e. The zero-order valence-corrected chi connectivity index (χ0v) is 23.5. The molecule has 0 radical (unpaired) electrons. The third kappa shape index (κ3) is 7.02. The molecule has 8 nitrogen and oxygen atoms in total. The van der Waals surface area contributed by atoms with Crippen molar-refractivity contribution in [3.8, 4) is 0 Å². The molecule has 0 aliphatic carbocycles. The van der Waals surface area contributed by atoms with Gasteiger partial charge in [0.05, 0.1) is 23.4 Å². The fraction of sp³-hybridized carbons (Fsp3) is 0.500. The van der Waals surface area contributed by atoms with E-state index in [1.807, 2.05) is 0 Å². The van der Waals surface area contributed by atoms with Crippen LogP contribution in [0.25, 0.3) is 0 Å². The van der Waals surface area contributed by atoms with Crippen molar-refractivity contribution in [3.05, 3.63) is 59.2 Å². The molecule has 4 amide bonds. The number of aromatic nitrogens is 1. The lowest BCUT2D eigenvalue weighted by Crippen LogP contribution is -2.48. The summed E-state index contributed by atoms with van der Waals surface area (Å²) in [6.07, 6.45) is -8.35. The summed E-state index contributed by atoms with van der Waals surface area (Å²) in [4.78, 5) is 47.8. The van der Waals surface area contributed by atoms with Crippen LogP contribution in [0.2, 0.25) is 0 Å². The molecule has 1 aromatic carbocycles. The van der Waals surface area contributed by atoms with E-state index in [1.165, 1.54) is 24.9 Å². The Labute approximate surface area is 243 Å². The lowest BCUT2D eigenvalue weighted by molar-refractivity contribution is -0.143. The van der Waals surface area contributed by atoms with Gasteiger partial charge in [-0.15, -0.1) is 0 Å². The van der Waals surface area contributed by atoms with Crippen LogP contribution in [0.5, 0.6) is 0 Å². The molecular weight excluding hydrogens is 587 g/mol. The number of hydrogen-bond donors (Lipinski definition) is 0. The number of alkyl halides is 6. The third-order valence-corrected chi connectivity index (χ3v) is 8.07. The second-order valence-electron chi connectivity index (χ2n) is 10.8. The van der Waals surface area contributed by atoms with Gasteiger partial charge in [0, 0.05) is 70.4 Å². The van der Waals surface area contributed by atoms with Crippen LogP contribution in [0.1, 0.15) is 42.5 Å². The fourth-order valence-electron chi connectivity index (χ4n) is 5.58. The smallest absolute Gasteiger partial charge is 0.343 e. The van der Waals surface area contributed by atoms with Gasteiger partial charge in [0.15, 0.2) is 0 Å². The highest BCUT2D eigenvalue weighted by Crippen LogP contribution is 2.39. The van der Waals surface area contributed by atoms with Crippen LogP contribution in [0.4, 0.5) is 41.2 Å². The normalized spacial score (nSPS) is 19.9. The zero-order chi connectivity index (χ0) is 31.9. The first-order chi connectivity index (χ1) is 20.0. The number of halogens is 7. The van der Waals surface area contributed by atoms with E-state index in [-0.39, 0.29) is 36.9 Å². The maximum absolute atomic E-state index is 13.6. The minimum atomic E-state index is -5.10. The van der Waals surface area contributed by atoms with Crippen LogP contribution < -0.4 is 4.90 Å². The van der Waals surface area contributed by atoms with Crippen LogP contribution >= 0.6 is 0 Å². The number of hydrogen-bond acceptors (Lipinski definition) is 4. The van der Waals surface area contributed by atoms with E-state index >= 15 is 0 Å². The lowest BCUT2D eigenvalue weighted by atomic mass is 9.95. The maximum atomic E-state index is 13.6. The summed E-state index contributed by atoms with van der Waals surface area (Å²) in [7, 11) is 2.39. The Morgan fingerprint density at radius 2 is 1.47 bits per heavy atom. The molecular formula is C28H30F7N5O3. The first kappa shape index (κ1) is 32.0. The van der Waals surface area contributed by atoms with Crippen LogP contribution in [0, 0.1) is 11.7 Å². The first-order valence-electron chi connectivity index (χ1n) is 13.4. The number of nitrogens with zero attached hydrogens (tertiary/aromatic N) is 5. The Morgan fingerprint density at radius 1 is 0.884 bits per heavy atom. The average molecular weight is 618 g/mol. The molecule has 0 spiro atoms. The van der Waals surface area contributed by atoms with Crippen molar-refractivity contribution in [1.82, 2.24) is 19.7 Å². The summed E-state index contributed by atoms with van der Waals surface area (Å²) in [5, 5.41) is 0. The van der Waals surface area contributed by atoms with Crippen LogP contribution in [0.15, 0.2) is 36.5 Å². The van der Waals surface area contributed by atoms with E-state index in [0.717, 1.165) is 24.2 Å². The number of rotatable bonds is 4. The predicted octanol–water partition coefficient (Wildman–Crippen LogP) is 5.00. The predicted molar refractivity (Wildman–Crippen MR) is 140 cm³/mol. The van der Waals surface area contributed by atoms with E-state index in [1.54, 1.807) is 4.90 Å². The molecule has 2 fully saturated rings. The Kier molecular flexibility index (Phi) is 8.93. The molecule has 1 aromatic heterocycles. The van der Waals surface area contributed by atoms with Gasteiger partial charge in [-0.1, -0.05) is 0 Å². The van der Waals surface area contributed by atoms with Gasteiger partial charge in [0.25, 0.3) is 0 Å². The quantitative estimate of drug-likeness (QED) is 0.453. The van der Waals surface area contributed by atoms with Crippen molar-refractivity contribution >= 4 is 23.5 Å². The molecule has 2 aliphatic heterocycles. The summed E-state index contributed by atoms with van der Waals surface area (Å²) in [5.74, 6) is -1.93. The zero-order valence-electron chi connectivity index (χ0n) is 23.5. The Hall–Kier alpha value is -3.91. The van der Waals surface area contributed by atoms with E-state index in [0.29, 0.717) is 48.7 Å². The molecule has 0 unspecified atom stereocenters. The van der Waals surface area contributed by atoms with E-state index in [4.69, 9.17) is 0 Å². The SMILES string of the molecule is CC(=O)N1CCC(C(=O)N2C[C@@H](N(C)C(=O)N(C)c3cc(C(F)(F)F)cc(C(F)(F)F)c3)[C@H](c3ccc(F)cn3)C2)CC1. The van der Waals surface area contributed by atoms with Crippen molar-refractivity contribution < 1.29 is 45.1 Å². The van der Waals surface area contributed by atoms with Gasteiger partial charge in [-0.05, 0) is 43.2 Å². The van der Waals surface area contributed by atoms with Crippen molar-refractivity contribution in [1.29, 1.82) is 0 Å². The number of pyridine rings is 1. The van der Waals surface area contributed by atoms with Gasteiger partial charge in [0.1, 0.15) is 5.82 Å². The number of carbonyl (C=O) groups excluding carboxylic acids is 3. The number of anilines is 1. The van der Waals surface area contributed by atoms with Gasteiger partial charge >= 0.3 is 18.4 Å². The number of likely N-dealkylation sites (N-methyl/N-ethyl adjacent to an activating group) is 1. The number of piperidine rings is 1. The minimum Gasteiger partial charge on any atom is -0.343 e. The van der Waals surface area contributed by atoms with Crippen molar-refractivity contribution in [2.45, 2.75) is 44.1 Å². The lowest BCUT2D eigenvalue weighted by Gasteiger charge is -2.33. The molecule has 0 saturated carbocycles.